The highest BCUT2D eigenvalue weighted by Crippen LogP contribution is 2.31. The number of carbonyl (C=O) groups is 1. The molecule has 0 bridgehead atoms. The number of hydrogen-bond donors (Lipinski definition) is 0. The van der Waals surface area contributed by atoms with Crippen molar-refractivity contribution < 1.29 is 14.3 Å². The first kappa shape index (κ1) is 17.1. The van der Waals surface area contributed by atoms with E-state index in [2.05, 4.69) is 4.90 Å². The van der Waals surface area contributed by atoms with Gasteiger partial charge in [0, 0.05) is 26.4 Å². The Hall–Kier alpha value is -1.37. The summed E-state index contributed by atoms with van der Waals surface area (Å²) in [5, 5.41) is 0. The summed E-state index contributed by atoms with van der Waals surface area (Å²) in [5.41, 5.74) is 0.738. The van der Waals surface area contributed by atoms with E-state index in [1.807, 2.05) is 34.8 Å². The predicted molar refractivity (Wildman–Crippen MR) is 94.6 cm³/mol. The Morgan fingerprint density at radius 2 is 2.16 bits per heavy atom. The molecule has 3 saturated heterocycles. The largest absolute Gasteiger partial charge is 0.373 e. The molecule has 1 amide bonds. The molecule has 0 saturated carbocycles. The van der Waals surface area contributed by atoms with Gasteiger partial charge in [-0.15, -0.1) is 0 Å². The normalized spacial score (nSPS) is 30.0. The molecule has 3 aliphatic heterocycles. The van der Waals surface area contributed by atoms with Crippen LogP contribution in [0.5, 0.6) is 0 Å². The number of amides is 1. The topological polar surface area (TPSA) is 46.9 Å². The van der Waals surface area contributed by atoms with E-state index in [1.54, 1.807) is 0 Å². The van der Waals surface area contributed by atoms with Crippen LogP contribution in [0.4, 0.5) is 0 Å². The number of fused-ring (bicyclic) bond motifs is 1. The Morgan fingerprint density at radius 1 is 1.32 bits per heavy atom. The van der Waals surface area contributed by atoms with Crippen LogP contribution in [0.3, 0.4) is 0 Å². The fourth-order valence-corrected chi connectivity index (χ4v) is 4.46. The maximum Gasteiger partial charge on any atom is 0.270 e. The number of nitrogens with zero attached hydrogens (tertiary/aromatic N) is 3. The van der Waals surface area contributed by atoms with Crippen molar-refractivity contribution in [1.29, 1.82) is 0 Å². The number of aryl methyl sites for hydroxylation is 1. The zero-order chi connectivity index (χ0) is 17.2. The Morgan fingerprint density at radius 3 is 2.92 bits per heavy atom. The minimum absolute atomic E-state index is 0.00267. The van der Waals surface area contributed by atoms with Crippen LogP contribution in [-0.2, 0) is 16.5 Å². The molecule has 0 N–H and O–H groups in total. The summed E-state index contributed by atoms with van der Waals surface area (Å²) in [6, 6.07) is 3.96. The minimum Gasteiger partial charge on any atom is -0.373 e. The van der Waals surface area contributed by atoms with Crippen molar-refractivity contribution in [2.24, 2.45) is 7.05 Å². The highest BCUT2D eigenvalue weighted by atomic mass is 16.5. The number of carbonyl (C=O) groups excluding carboxylic acids is 1. The summed E-state index contributed by atoms with van der Waals surface area (Å²) in [4.78, 5) is 17.4. The third-order valence-corrected chi connectivity index (χ3v) is 5.84. The molecule has 0 spiro atoms. The molecule has 0 aliphatic carbocycles. The van der Waals surface area contributed by atoms with Gasteiger partial charge in [-0.1, -0.05) is 0 Å². The molecule has 3 aliphatic rings. The van der Waals surface area contributed by atoms with Crippen molar-refractivity contribution >= 4 is 5.91 Å². The number of aromatic nitrogens is 1. The summed E-state index contributed by atoms with van der Waals surface area (Å²) in [6.07, 6.45) is 6.56. The molecule has 1 aromatic heterocycles. The smallest absolute Gasteiger partial charge is 0.270 e. The van der Waals surface area contributed by atoms with Gasteiger partial charge in [0.2, 0.25) is 0 Å². The molecule has 3 fully saturated rings. The van der Waals surface area contributed by atoms with Gasteiger partial charge in [0.15, 0.2) is 0 Å². The van der Waals surface area contributed by atoms with E-state index in [9.17, 15) is 4.79 Å². The quantitative estimate of drug-likeness (QED) is 0.810. The summed E-state index contributed by atoms with van der Waals surface area (Å²) in [5.74, 6) is 0.0960. The number of likely N-dealkylation sites (tertiary alicyclic amines) is 2. The van der Waals surface area contributed by atoms with E-state index in [4.69, 9.17) is 9.47 Å². The Bertz CT molecular complexity index is 596. The highest BCUT2D eigenvalue weighted by Gasteiger charge is 2.47. The first-order valence-corrected chi connectivity index (χ1v) is 9.62. The maximum atomic E-state index is 13.0. The van der Waals surface area contributed by atoms with Gasteiger partial charge in [0.05, 0.1) is 19.2 Å². The molecular formula is C19H29N3O3. The molecule has 0 radical (unpaired) electrons. The lowest BCUT2D eigenvalue weighted by molar-refractivity contribution is -0.0782. The lowest BCUT2D eigenvalue weighted by Gasteiger charge is -2.32. The van der Waals surface area contributed by atoms with Crippen LogP contribution >= 0.6 is 0 Å². The summed E-state index contributed by atoms with van der Waals surface area (Å²) in [6.45, 7) is 5.51. The third kappa shape index (κ3) is 3.48. The summed E-state index contributed by atoms with van der Waals surface area (Å²) < 4.78 is 14.1. The highest BCUT2D eigenvalue weighted by molar-refractivity contribution is 5.93. The molecule has 0 unspecified atom stereocenters. The van der Waals surface area contributed by atoms with Gasteiger partial charge in [0.1, 0.15) is 17.9 Å². The average molecular weight is 347 g/mol. The first-order chi connectivity index (χ1) is 12.2. The molecule has 4 heterocycles. The van der Waals surface area contributed by atoms with Crippen LogP contribution in [0.2, 0.25) is 0 Å². The second-order valence-electron chi connectivity index (χ2n) is 7.46. The molecule has 25 heavy (non-hydrogen) atoms. The van der Waals surface area contributed by atoms with Gasteiger partial charge >= 0.3 is 0 Å². The van der Waals surface area contributed by atoms with E-state index in [0.29, 0.717) is 6.54 Å². The van der Waals surface area contributed by atoms with Crippen molar-refractivity contribution in [1.82, 2.24) is 14.4 Å². The van der Waals surface area contributed by atoms with Gasteiger partial charge in [-0.3, -0.25) is 4.79 Å². The lowest BCUT2D eigenvalue weighted by atomic mass is 10.0. The van der Waals surface area contributed by atoms with E-state index >= 15 is 0 Å². The first-order valence-electron chi connectivity index (χ1n) is 9.62. The molecule has 3 atom stereocenters. The van der Waals surface area contributed by atoms with Crippen LogP contribution in [-0.4, -0.2) is 77.9 Å². The Kier molecular flexibility index (Phi) is 5.10. The van der Waals surface area contributed by atoms with Crippen LogP contribution in [0, 0.1) is 0 Å². The van der Waals surface area contributed by atoms with Crippen molar-refractivity contribution in [3.05, 3.63) is 24.0 Å². The van der Waals surface area contributed by atoms with Gasteiger partial charge in [0.25, 0.3) is 5.91 Å². The van der Waals surface area contributed by atoms with Crippen LogP contribution in [0.15, 0.2) is 18.3 Å². The van der Waals surface area contributed by atoms with Gasteiger partial charge < -0.3 is 23.8 Å². The molecule has 0 aromatic carbocycles. The van der Waals surface area contributed by atoms with Gasteiger partial charge in [-0.25, -0.2) is 0 Å². The van der Waals surface area contributed by atoms with E-state index in [-0.39, 0.29) is 24.2 Å². The van der Waals surface area contributed by atoms with E-state index in [0.717, 1.165) is 38.3 Å². The van der Waals surface area contributed by atoms with Gasteiger partial charge in [-0.05, 0) is 50.9 Å². The van der Waals surface area contributed by atoms with Gasteiger partial charge in [-0.2, -0.15) is 0 Å². The number of ether oxygens (including phenoxy) is 2. The number of hydrogen-bond acceptors (Lipinski definition) is 4. The fraction of sp³-hybridized carbons (Fsp3) is 0.737. The molecule has 4 rings (SSSR count). The van der Waals surface area contributed by atoms with Crippen molar-refractivity contribution in [2.75, 3.05) is 39.4 Å². The molecule has 6 heteroatoms. The molecule has 1 aromatic rings. The van der Waals surface area contributed by atoms with E-state index < -0.39 is 0 Å². The van der Waals surface area contributed by atoms with Crippen molar-refractivity contribution in [3.63, 3.8) is 0 Å². The molecule has 6 nitrogen and oxygen atoms in total. The fourth-order valence-electron chi connectivity index (χ4n) is 4.46. The Balaban J connectivity index is 1.40. The summed E-state index contributed by atoms with van der Waals surface area (Å²) in [7, 11) is 1.92. The number of rotatable bonds is 5. The third-order valence-electron chi connectivity index (χ3n) is 5.84. The second kappa shape index (κ2) is 7.48. The lowest BCUT2D eigenvalue weighted by Crippen LogP contribution is -2.44. The Labute approximate surface area is 149 Å². The molecule has 138 valence electrons. The standard InChI is InChI=1S/C19H29N3O3/c1-20-8-4-6-16(20)19(23)22-14-17(18-15(22)7-5-12-25-18)24-13-11-21-9-2-3-10-21/h4,6,8,15,17-18H,2-3,5,7,9-14H2,1H3/t15-,17+,18+/m1/s1. The van der Waals surface area contributed by atoms with Crippen LogP contribution in [0.1, 0.15) is 36.2 Å². The van der Waals surface area contributed by atoms with Crippen LogP contribution in [0.25, 0.3) is 0 Å². The van der Waals surface area contributed by atoms with Crippen molar-refractivity contribution in [2.45, 2.75) is 43.9 Å². The molecular weight excluding hydrogens is 318 g/mol. The average Bonchev–Trinajstić information content (AvgIpc) is 3.35. The zero-order valence-corrected chi connectivity index (χ0v) is 15.1. The minimum atomic E-state index is -0.00267. The maximum absolute atomic E-state index is 13.0. The summed E-state index contributed by atoms with van der Waals surface area (Å²) >= 11 is 0. The van der Waals surface area contributed by atoms with E-state index in [1.165, 1.54) is 25.9 Å². The second-order valence-corrected chi connectivity index (χ2v) is 7.46. The zero-order valence-electron chi connectivity index (χ0n) is 15.1. The van der Waals surface area contributed by atoms with Crippen molar-refractivity contribution in [3.8, 4) is 0 Å². The SMILES string of the molecule is Cn1cccc1C(=O)N1C[C@H](OCCN2CCCC2)[C@H]2OCCC[C@H]21. The van der Waals surface area contributed by atoms with Crippen LogP contribution < -0.4 is 0 Å². The monoisotopic (exact) mass is 347 g/mol. The predicted octanol–water partition coefficient (Wildman–Crippen LogP) is 1.51.